The molecule has 0 unspecified atom stereocenters. The zero-order valence-electron chi connectivity index (χ0n) is 9.85. The predicted octanol–water partition coefficient (Wildman–Crippen LogP) is 0.712. The molecule has 0 amide bonds. The molecule has 0 aliphatic carbocycles. The number of nitrogens with one attached hydrogen (secondary N) is 1. The standard InChI is InChI=1S/C11H18N2O3S/c1-2-16-10-4-6-11(7-5-10)17(14,15)13-9-3-8-12/h4-7,13H,2-3,8-9,12H2,1H3. The first kappa shape index (κ1) is 14.0. The van der Waals surface area contributed by atoms with Crippen LogP contribution in [0.15, 0.2) is 29.2 Å². The third kappa shape index (κ3) is 4.33. The van der Waals surface area contributed by atoms with Gasteiger partial charge >= 0.3 is 0 Å². The summed E-state index contributed by atoms with van der Waals surface area (Å²) in [5.41, 5.74) is 5.30. The fourth-order valence-corrected chi connectivity index (χ4v) is 2.35. The van der Waals surface area contributed by atoms with Crippen LogP contribution < -0.4 is 15.2 Å². The van der Waals surface area contributed by atoms with Gasteiger partial charge in [0.05, 0.1) is 11.5 Å². The molecule has 0 aliphatic heterocycles. The lowest BCUT2D eigenvalue weighted by Gasteiger charge is -2.07. The lowest BCUT2D eigenvalue weighted by Crippen LogP contribution is -2.26. The maximum atomic E-state index is 11.8. The van der Waals surface area contributed by atoms with Gasteiger partial charge in [-0.15, -0.1) is 0 Å². The fourth-order valence-electron chi connectivity index (χ4n) is 1.27. The largest absolute Gasteiger partial charge is 0.494 e. The number of nitrogens with two attached hydrogens (primary N) is 1. The van der Waals surface area contributed by atoms with E-state index >= 15 is 0 Å². The van der Waals surface area contributed by atoms with Crippen molar-refractivity contribution >= 4 is 10.0 Å². The van der Waals surface area contributed by atoms with Gasteiger partial charge in [0.25, 0.3) is 0 Å². The Kier molecular flexibility index (Phi) is 5.40. The third-order valence-corrected chi connectivity index (χ3v) is 3.59. The van der Waals surface area contributed by atoms with E-state index in [-0.39, 0.29) is 4.90 Å². The summed E-state index contributed by atoms with van der Waals surface area (Å²) in [4.78, 5) is 0.234. The first-order valence-corrected chi connectivity index (χ1v) is 7.01. The number of benzene rings is 1. The highest BCUT2D eigenvalue weighted by atomic mass is 32.2. The van der Waals surface area contributed by atoms with Gasteiger partial charge in [-0.1, -0.05) is 0 Å². The van der Waals surface area contributed by atoms with Gasteiger partial charge in [0.2, 0.25) is 10.0 Å². The summed E-state index contributed by atoms with van der Waals surface area (Å²) in [6.45, 7) is 3.25. The molecule has 6 heteroatoms. The summed E-state index contributed by atoms with van der Waals surface area (Å²) in [5.74, 6) is 0.661. The minimum Gasteiger partial charge on any atom is -0.494 e. The SMILES string of the molecule is CCOc1ccc(S(=O)(=O)NCCCN)cc1. The second-order valence-electron chi connectivity index (χ2n) is 3.44. The smallest absolute Gasteiger partial charge is 0.240 e. The van der Waals surface area contributed by atoms with E-state index in [4.69, 9.17) is 10.5 Å². The molecule has 1 rings (SSSR count). The van der Waals surface area contributed by atoms with Gasteiger partial charge in [-0.05, 0) is 44.2 Å². The number of ether oxygens (including phenoxy) is 1. The highest BCUT2D eigenvalue weighted by molar-refractivity contribution is 7.89. The molecule has 1 aromatic carbocycles. The van der Waals surface area contributed by atoms with Crippen molar-refractivity contribution in [2.75, 3.05) is 19.7 Å². The lowest BCUT2D eigenvalue weighted by molar-refractivity contribution is 0.340. The maximum absolute atomic E-state index is 11.8. The van der Waals surface area contributed by atoms with Crippen molar-refractivity contribution in [2.24, 2.45) is 5.73 Å². The van der Waals surface area contributed by atoms with Crippen molar-refractivity contribution in [2.45, 2.75) is 18.2 Å². The van der Waals surface area contributed by atoms with E-state index in [0.29, 0.717) is 31.9 Å². The van der Waals surface area contributed by atoms with Crippen molar-refractivity contribution in [3.8, 4) is 5.75 Å². The summed E-state index contributed by atoms with van der Waals surface area (Å²) in [7, 11) is -3.43. The summed E-state index contributed by atoms with van der Waals surface area (Å²) >= 11 is 0. The number of rotatable bonds is 7. The molecular weight excluding hydrogens is 240 g/mol. The molecular formula is C11H18N2O3S. The molecule has 0 fully saturated rings. The van der Waals surface area contributed by atoms with E-state index < -0.39 is 10.0 Å². The summed E-state index contributed by atoms with van der Waals surface area (Å²) < 4.78 is 31.3. The van der Waals surface area contributed by atoms with E-state index in [0.717, 1.165) is 0 Å². The first-order valence-electron chi connectivity index (χ1n) is 5.52. The molecule has 3 N–H and O–H groups in total. The summed E-state index contributed by atoms with van der Waals surface area (Å²) in [6.07, 6.45) is 0.621. The molecule has 1 aromatic rings. The summed E-state index contributed by atoms with van der Waals surface area (Å²) in [6, 6.07) is 6.33. The number of hydrogen-bond acceptors (Lipinski definition) is 4. The van der Waals surface area contributed by atoms with Crippen LogP contribution in [0, 0.1) is 0 Å². The molecule has 0 saturated carbocycles. The number of hydrogen-bond donors (Lipinski definition) is 2. The topological polar surface area (TPSA) is 81.4 Å². The molecule has 0 bridgehead atoms. The second kappa shape index (κ2) is 6.58. The van der Waals surface area contributed by atoms with Crippen LogP contribution in [0.4, 0.5) is 0 Å². The van der Waals surface area contributed by atoms with E-state index in [1.54, 1.807) is 12.1 Å². The van der Waals surface area contributed by atoms with Crippen molar-refractivity contribution in [3.63, 3.8) is 0 Å². The highest BCUT2D eigenvalue weighted by Crippen LogP contribution is 2.15. The van der Waals surface area contributed by atoms with Gasteiger partial charge in [0.1, 0.15) is 5.75 Å². The van der Waals surface area contributed by atoms with Crippen molar-refractivity contribution < 1.29 is 13.2 Å². The van der Waals surface area contributed by atoms with Crippen LogP contribution in [0.2, 0.25) is 0 Å². The molecule has 0 spiro atoms. The zero-order chi connectivity index (χ0) is 12.7. The van der Waals surface area contributed by atoms with Crippen molar-refractivity contribution in [1.82, 2.24) is 4.72 Å². The molecule has 17 heavy (non-hydrogen) atoms. The Labute approximate surface area is 102 Å². The Morgan fingerprint density at radius 1 is 1.29 bits per heavy atom. The third-order valence-electron chi connectivity index (χ3n) is 2.12. The van der Waals surface area contributed by atoms with Gasteiger partial charge in [-0.25, -0.2) is 13.1 Å². The predicted molar refractivity (Wildman–Crippen MR) is 66.5 cm³/mol. The molecule has 96 valence electrons. The molecule has 0 radical (unpaired) electrons. The van der Waals surface area contributed by atoms with Gasteiger partial charge in [0.15, 0.2) is 0 Å². The second-order valence-corrected chi connectivity index (χ2v) is 5.21. The monoisotopic (exact) mass is 258 g/mol. The van der Waals surface area contributed by atoms with Crippen molar-refractivity contribution in [1.29, 1.82) is 0 Å². The molecule has 0 aromatic heterocycles. The minimum atomic E-state index is -3.43. The highest BCUT2D eigenvalue weighted by Gasteiger charge is 2.12. The quantitative estimate of drug-likeness (QED) is 0.706. The van der Waals surface area contributed by atoms with Gasteiger partial charge in [-0.3, -0.25) is 0 Å². The Morgan fingerprint density at radius 2 is 1.94 bits per heavy atom. The first-order chi connectivity index (χ1) is 8.10. The minimum absolute atomic E-state index is 0.234. The Morgan fingerprint density at radius 3 is 2.47 bits per heavy atom. The lowest BCUT2D eigenvalue weighted by atomic mass is 10.3. The van der Waals surface area contributed by atoms with Gasteiger partial charge in [0, 0.05) is 6.54 Å². The maximum Gasteiger partial charge on any atom is 0.240 e. The fraction of sp³-hybridized carbons (Fsp3) is 0.455. The average molecular weight is 258 g/mol. The molecule has 0 saturated heterocycles. The van der Waals surface area contributed by atoms with E-state index in [9.17, 15) is 8.42 Å². The Balaban J connectivity index is 2.71. The van der Waals surface area contributed by atoms with E-state index in [1.165, 1.54) is 12.1 Å². The molecule has 5 nitrogen and oxygen atoms in total. The van der Waals surface area contributed by atoms with Crippen molar-refractivity contribution in [3.05, 3.63) is 24.3 Å². The van der Waals surface area contributed by atoms with Crippen LogP contribution in [0.1, 0.15) is 13.3 Å². The average Bonchev–Trinajstić information content (AvgIpc) is 2.30. The zero-order valence-corrected chi connectivity index (χ0v) is 10.7. The van der Waals surface area contributed by atoms with Crippen LogP contribution in [0.5, 0.6) is 5.75 Å². The van der Waals surface area contributed by atoms with E-state index in [2.05, 4.69) is 4.72 Å². The van der Waals surface area contributed by atoms with Crippen LogP contribution in [0.3, 0.4) is 0 Å². The Bertz CT molecular complexity index is 429. The molecule has 0 aliphatic rings. The van der Waals surface area contributed by atoms with Crippen LogP contribution in [-0.4, -0.2) is 28.1 Å². The van der Waals surface area contributed by atoms with Gasteiger partial charge in [-0.2, -0.15) is 0 Å². The summed E-state index contributed by atoms with van der Waals surface area (Å²) in [5, 5.41) is 0. The van der Waals surface area contributed by atoms with Crippen LogP contribution >= 0.6 is 0 Å². The molecule has 0 heterocycles. The molecule has 0 atom stereocenters. The normalized spacial score (nSPS) is 11.4. The van der Waals surface area contributed by atoms with Gasteiger partial charge < -0.3 is 10.5 Å². The van der Waals surface area contributed by atoms with Crippen LogP contribution in [0.25, 0.3) is 0 Å². The Hall–Kier alpha value is -1.11. The van der Waals surface area contributed by atoms with E-state index in [1.807, 2.05) is 6.92 Å². The number of sulfonamides is 1. The van der Waals surface area contributed by atoms with Crippen LogP contribution in [-0.2, 0) is 10.0 Å².